The highest BCUT2D eigenvalue weighted by atomic mass is 16.2. The van der Waals surface area contributed by atoms with Gasteiger partial charge in [0, 0.05) is 28.7 Å². The maximum absolute atomic E-state index is 12.4. The summed E-state index contributed by atoms with van der Waals surface area (Å²) in [6, 6.07) is 6.92. The molecule has 0 saturated carbocycles. The van der Waals surface area contributed by atoms with Gasteiger partial charge in [-0.15, -0.1) is 0 Å². The number of rotatable bonds is 5. The number of benzene rings is 1. The van der Waals surface area contributed by atoms with Gasteiger partial charge in [0.15, 0.2) is 11.6 Å². The smallest absolute Gasteiger partial charge is 0.225 e. The van der Waals surface area contributed by atoms with E-state index in [1.807, 2.05) is 20.8 Å². The van der Waals surface area contributed by atoms with Crippen LogP contribution in [0.25, 0.3) is 0 Å². The molecule has 1 aromatic rings. The first-order chi connectivity index (χ1) is 10.8. The lowest BCUT2D eigenvalue weighted by Gasteiger charge is -2.18. The van der Waals surface area contributed by atoms with Crippen LogP contribution in [-0.2, 0) is 4.79 Å². The molecule has 122 valence electrons. The average Bonchev–Trinajstić information content (AvgIpc) is 2.50. The number of hydrogen-bond acceptors (Lipinski definition) is 3. The quantitative estimate of drug-likeness (QED) is 0.848. The molecule has 1 N–H and O–H groups in total. The molecule has 0 heterocycles. The number of fused-ring (bicyclic) bond motifs is 1. The van der Waals surface area contributed by atoms with E-state index in [2.05, 4.69) is 5.32 Å². The van der Waals surface area contributed by atoms with E-state index in [-0.39, 0.29) is 17.5 Å². The van der Waals surface area contributed by atoms with Gasteiger partial charge in [-0.05, 0) is 25.3 Å². The summed E-state index contributed by atoms with van der Waals surface area (Å²) in [4.78, 5) is 36.2. The number of carbonyl (C=O) groups excluding carboxylic acids is 3. The van der Waals surface area contributed by atoms with Crippen molar-refractivity contribution in [2.24, 2.45) is 5.41 Å². The van der Waals surface area contributed by atoms with Crippen molar-refractivity contribution in [1.82, 2.24) is 5.32 Å². The molecule has 2 rings (SSSR count). The van der Waals surface area contributed by atoms with Gasteiger partial charge in [0.2, 0.25) is 5.91 Å². The van der Waals surface area contributed by atoms with Gasteiger partial charge in [0.25, 0.3) is 0 Å². The van der Waals surface area contributed by atoms with E-state index in [0.717, 1.165) is 12.8 Å². The molecule has 0 saturated heterocycles. The third kappa shape index (κ3) is 4.15. The van der Waals surface area contributed by atoms with Crippen LogP contribution in [0.4, 0.5) is 0 Å². The summed E-state index contributed by atoms with van der Waals surface area (Å²) < 4.78 is 0. The van der Waals surface area contributed by atoms with Crippen molar-refractivity contribution in [3.8, 4) is 0 Å². The Kier molecular flexibility index (Phi) is 5.14. The van der Waals surface area contributed by atoms with Gasteiger partial charge in [-0.25, -0.2) is 0 Å². The first-order valence-corrected chi connectivity index (χ1v) is 7.97. The molecule has 1 aliphatic rings. The van der Waals surface area contributed by atoms with Crippen LogP contribution in [0, 0.1) is 5.41 Å². The largest absolute Gasteiger partial charge is 0.356 e. The molecule has 4 nitrogen and oxygen atoms in total. The second kappa shape index (κ2) is 6.90. The Morgan fingerprint density at radius 1 is 1.04 bits per heavy atom. The number of Topliss-reactive ketones (excluding diaryl/α,β-unsaturated/α-hetero) is 1. The minimum Gasteiger partial charge on any atom is -0.356 e. The molecular formula is C19H23NO3. The highest BCUT2D eigenvalue weighted by Gasteiger charge is 2.24. The van der Waals surface area contributed by atoms with E-state index in [1.165, 1.54) is 6.08 Å². The Hall–Kier alpha value is -2.23. The summed E-state index contributed by atoms with van der Waals surface area (Å²) in [6.45, 7) is 6.20. The zero-order chi connectivity index (χ0) is 17.0. The first kappa shape index (κ1) is 17.1. The first-order valence-electron chi connectivity index (χ1n) is 7.97. The third-order valence-corrected chi connectivity index (χ3v) is 3.87. The second-order valence-electron chi connectivity index (χ2n) is 6.87. The fraction of sp³-hybridized carbons (Fsp3) is 0.421. The van der Waals surface area contributed by atoms with Crippen molar-refractivity contribution in [2.75, 3.05) is 6.54 Å². The Morgan fingerprint density at radius 3 is 2.35 bits per heavy atom. The number of allylic oxidation sites excluding steroid dienone is 2. The summed E-state index contributed by atoms with van der Waals surface area (Å²) >= 11 is 0. The molecular weight excluding hydrogens is 290 g/mol. The fourth-order valence-corrected chi connectivity index (χ4v) is 2.46. The lowest BCUT2D eigenvalue weighted by Crippen LogP contribution is -2.35. The number of unbranched alkanes of at least 4 members (excludes halogenated alkanes) is 1. The molecule has 23 heavy (non-hydrogen) atoms. The highest BCUT2D eigenvalue weighted by molar-refractivity contribution is 6.24. The van der Waals surface area contributed by atoms with Crippen LogP contribution in [0.5, 0.6) is 0 Å². The lowest BCUT2D eigenvalue weighted by atomic mass is 9.87. The van der Waals surface area contributed by atoms with Crippen molar-refractivity contribution in [1.29, 1.82) is 0 Å². The summed E-state index contributed by atoms with van der Waals surface area (Å²) in [6.07, 6.45) is 3.56. The molecule has 1 aromatic carbocycles. The minimum absolute atomic E-state index is 0.0227. The Morgan fingerprint density at radius 2 is 1.70 bits per heavy atom. The maximum Gasteiger partial charge on any atom is 0.225 e. The molecule has 1 amide bonds. The molecule has 1 aliphatic carbocycles. The number of ketones is 2. The Labute approximate surface area is 137 Å². The van der Waals surface area contributed by atoms with Crippen LogP contribution >= 0.6 is 0 Å². The monoisotopic (exact) mass is 313 g/mol. The Bertz CT molecular complexity index is 665. The van der Waals surface area contributed by atoms with E-state index in [4.69, 9.17) is 0 Å². The molecule has 0 unspecified atom stereocenters. The minimum atomic E-state index is -0.391. The molecule has 0 aliphatic heterocycles. The van der Waals surface area contributed by atoms with Gasteiger partial charge in [-0.3, -0.25) is 14.4 Å². The summed E-state index contributed by atoms with van der Waals surface area (Å²) in [5.41, 5.74) is 1.16. The van der Waals surface area contributed by atoms with Crippen LogP contribution in [0.3, 0.4) is 0 Å². The van der Waals surface area contributed by atoms with E-state index in [1.54, 1.807) is 24.3 Å². The average molecular weight is 313 g/mol. The predicted molar refractivity (Wildman–Crippen MR) is 89.5 cm³/mol. The second-order valence-corrected chi connectivity index (χ2v) is 6.87. The van der Waals surface area contributed by atoms with Crippen molar-refractivity contribution >= 4 is 17.5 Å². The van der Waals surface area contributed by atoms with Crippen molar-refractivity contribution in [3.63, 3.8) is 0 Å². The molecule has 0 bridgehead atoms. The number of amides is 1. The van der Waals surface area contributed by atoms with Crippen LogP contribution in [0.1, 0.15) is 60.7 Å². The molecule has 0 atom stereocenters. The normalized spacial score (nSPS) is 14.3. The van der Waals surface area contributed by atoms with E-state index >= 15 is 0 Å². The zero-order valence-electron chi connectivity index (χ0n) is 13.9. The van der Waals surface area contributed by atoms with Crippen LogP contribution in [0.2, 0.25) is 0 Å². The molecule has 4 heteroatoms. The van der Waals surface area contributed by atoms with Gasteiger partial charge < -0.3 is 5.32 Å². The van der Waals surface area contributed by atoms with E-state index in [9.17, 15) is 14.4 Å². The fourth-order valence-electron chi connectivity index (χ4n) is 2.46. The maximum atomic E-state index is 12.4. The zero-order valence-corrected chi connectivity index (χ0v) is 13.9. The van der Waals surface area contributed by atoms with Crippen molar-refractivity contribution in [3.05, 3.63) is 47.0 Å². The van der Waals surface area contributed by atoms with Crippen LogP contribution in [0.15, 0.2) is 35.9 Å². The number of nitrogens with one attached hydrogen (secondary N) is 1. The molecule has 0 radical (unpaired) electrons. The Balaban J connectivity index is 1.85. The predicted octanol–water partition coefficient (Wildman–Crippen LogP) is 3.32. The van der Waals surface area contributed by atoms with Gasteiger partial charge >= 0.3 is 0 Å². The van der Waals surface area contributed by atoms with Crippen LogP contribution < -0.4 is 5.32 Å². The highest BCUT2D eigenvalue weighted by Crippen LogP contribution is 2.24. The summed E-state index contributed by atoms with van der Waals surface area (Å²) in [7, 11) is 0. The summed E-state index contributed by atoms with van der Waals surface area (Å²) in [5.74, 6) is -0.135. The van der Waals surface area contributed by atoms with Gasteiger partial charge in [0.05, 0.1) is 0 Å². The van der Waals surface area contributed by atoms with Gasteiger partial charge in [0.1, 0.15) is 0 Å². The van der Waals surface area contributed by atoms with Crippen LogP contribution in [-0.4, -0.2) is 24.0 Å². The van der Waals surface area contributed by atoms with Crippen molar-refractivity contribution in [2.45, 2.75) is 40.0 Å². The summed E-state index contributed by atoms with van der Waals surface area (Å²) in [5, 5.41) is 2.89. The topological polar surface area (TPSA) is 63.2 Å². The third-order valence-electron chi connectivity index (χ3n) is 3.87. The standard InChI is InChI=1S/C19H23NO3/c1-19(2,3)18(23)20-11-7-6-8-13-12-16(21)14-9-4-5-10-15(14)17(13)22/h4-5,9-10,12H,6-8,11H2,1-3H3,(H,20,23). The van der Waals surface area contributed by atoms with E-state index in [0.29, 0.717) is 29.7 Å². The molecule has 0 fully saturated rings. The lowest BCUT2D eigenvalue weighted by molar-refractivity contribution is -0.128. The SMILES string of the molecule is CC(C)(C)C(=O)NCCCCC1=CC(=O)c2ccccc2C1=O. The molecule has 0 spiro atoms. The van der Waals surface area contributed by atoms with Crippen molar-refractivity contribution < 1.29 is 14.4 Å². The van der Waals surface area contributed by atoms with Gasteiger partial charge in [-0.2, -0.15) is 0 Å². The van der Waals surface area contributed by atoms with E-state index < -0.39 is 5.41 Å². The molecule has 0 aromatic heterocycles. The van der Waals surface area contributed by atoms with Gasteiger partial charge in [-0.1, -0.05) is 45.0 Å². The number of hydrogen-bond donors (Lipinski definition) is 1. The number of carbonyl (C=O) groups is 3.